The summed E-state index contributed by atoms with van der Waals surface area (Å²) < 4.78 is 0. The van der Waals surface area contributed by atoms with Gasteiger partial charge in [-0.3, -0.25) is 0 Å². The van der Waals surface area contributed by atoms with Crippen molar-refractivity contribution >= 4 is 11.6 Å². The smallest absolute Gasteiger partial charge is 0.0438 e. The molecule has 0 aliphatic rings. The van der Waals surface area contributed by atoms with Crippen LogP contribution in [0.15, 0.2) is 12.1 Å². The van der Waals surface area contributed by atoms with Gasteiger partial charge < -0.3 is 5.32 Å². The zero-order chi connectivity index (χ0) is 15.1. The molecule has 2 heteroatoms. The summed E-state index contributed by atoms with van der Waals surface area (Å²) >= 11 is 6.24. The lowest BCUT2D eigenvalue weighted by molar-refractivity contribution is 0.327. The molecule has 0 amide bonds. The van der Waals surface area contributed by atoms with Gasteiger partial charge in [0.15, 0.2) is 0 Å². The Hall–Kier alpha value is -0.530. The van der Waals surface area contributed by atoms with Crippen LogP contribution in [0.2, 0.25) is 5.02 Å². The molecule has 1 rings (SSSR count). The standard InChI is InChI=1S/C18H30ClN/c1-6-9-10-15(7-2)18(20-8-3)16-11-14(5)17(19)12-13(16)4/h11-12,15,18,20H,6-10H2,1-5H3. The Morgan fingerprint density at radius 2 is 1.80 bits per heavy atom. The van der Waals surface area contributed by atoms with Crippen molar-refractivity contribution in [2.75, 3.05) is 6.54 Å². The third-order valence-electron chi connectivity index (χ3n) is 4.23. The van der Waals surface area contributed by atoms with Crippen LogP contribution in [0.5, 0.6) is 0 Å². The van der Waals surface area contributed by atoms with Gasteiger partial charge in [0.25, 0.3) is 0 Å². The van der Waals surface area contributed by atoms with E-state index in [1.807, 2.05) is 0 Å². The molecule has 0 bridgehead atoms. The van der Waals surface area contributed by atoms with Crippen LogP contribution in [0.3, 0.4) is 0 Å². The van der Waals surface area contributed by atoms with Gasteiger partial charge in [-0.15, -0.1) is 0 Å². The highest BCUT2D eigenvalue weighted by Crippen LogP contribution is 2.33. The molecule has 20 heavy (non-hydrogen) atoms. The summed E-state index contributed by atoms with van der Waals surface area (Å²) in [7, 11) is 0. The molecular formula is C18H30ClN. The van der Waals surface area contributed by atoms with Gasteiger partial charge in [0.1, 0.15) is 0 Å². The van der Waals surface area contributed by atoms with Crippen LogP contribution in [0, 0.1) is 19.8 Å². The molecule has 1 N–H and O–H groups in total. The van der Waals surface area contributed by atoms with E-state index in [4.69, 9.17) is 11.6 Å². The highest BCUT2D eigenvalue weighted by atomic mass is 35.5. The number of benzene rings is 1. The Bertz CT molecular complexity index is 414. The van der Waals surface area contributed by atoms with E-state index in [2.05, 4.69) is 52.1 Å². The number of unbranched alkanes of at least 4 members (excludes halogenated alkanes) is 1. The highest BCUT2D eigenvalue weighted by Gasteiger charge is 2.22. The summed E-state index contributed by atoms with van der Waals surface area (Å²) in [5.41, 5.74) is 3.92. The Morgan fingerprint density at radius 1 is 1.10 bits per heavy atom. The predicted molar refractivity (Wildman–Crippen MR) is 90.6 cm³/mol. The topological polar surface area (TPSA) is 12.0 Å². The summed E-state index contributed by atoms with van der Waals surface area (Å²) in [6.45, 7) is 12.1. The summed E-state index contributed by atoms with van der Waals surface area (Å²) in [4.78, 5) is 0. The lowest BCUT2D eigenvalue weighted by Gasteiger charge is -2.29. The quantitative estimate of drug-likeness (QED) is 0.637. The van der Waals surface area contributed by atoms with Gasteiger partial charge in [-0.05, 0) is 55.5 Å². The average molecular weight is 296 g/mol. The average Bonchev–Trinajstić information content (AvgIpc) is 2.42. The SMILES string of the molecule is CCCCC(CC)C(NCC)c1cc(C)c(Cl)cc1C. The Morgan fingerprint density at radius 3 is 2.35 bits per heavy atom. The van der Waals surface area contributed by atoms with Crippen molar-refractivity contribution < 1.29 is 0 Å². The molecule has 2 unspecified atom stereocenters. The third kappa shape index (κ3) is 4.49. The molecule has 0 radical (unpaired) electrons. The zero-order valence-electron chi connectivity index (χ0n) is 13.7. The summed E-state index contributed by atoms with van der Waals surface area (Å²) in [6, 6.07) is 4.84. The van der Waals surface area contributed by atoms with Crippen molar-refractivity contribution in [3.63, 3.8) is 0 Å². The predicted octanol–water partition coefficient (Wildman–Crippen LogP) is 5.82. The molecule has 0 aliphatic heterocycles. The minimum Gasteiger partial charge on any atom is -0.310 e. The summed E-state index contributed by atoms with van der Waals surface area (Å²) in [6.07, 6.45) is 5.10. The number of nitrogens with one attached hydrogen (secondary N) is 1. The van der Waals surface area contributed by atoms with E-state index < -0.39 is 0 Å². The lowest BCUT2D eigenvalue weighted by Crippen LogP contribution is -2.29. The first-order valence-electron chi connectivity index (χ1n) is 8.05. The van der Waals surface area contributed by atoms with Crippen molar-refractivity contribution in [2.24, 2.45) is 5.92 Å². The number of hydrogen-bond acceptors (Lipinski definition) is 1. The van der Waals surface area contributed by atoms with Crippen molar-refractivity contribution in [1.29, 1.82) is 0 Å². The molecule has 0 heterocycles. The lowest BCUT2D eigenvalue weighted by atomic mass is 9.84. The molecule has 0 fully saturated rings. The Labute approximate surface area is 130 Å². The monoisotopic (exact) mass is 295 g/mol. The summed E-state index contributed by atoms with van der Waals surface area (Å²) in [5, 5.41) is 4.58. The van der Waals surface area contributed by atoms with E-state index in [-0.39, 0.29) is 0 Å². The number of rotatable bonds is 8. The fraction of sp³-hybridized carbons (Fsp3) is 0.667. The van der Waals surface area contributed by atoms with Gasteiger partial charge in [0, 0.05) is 11.1 Å². The van der Waals surface area contributed by atoms with Crippen molar-refractivity contribution in [2.45, 2.75) is 66.3 Å². The van der Waals surface area contributed by atoms with Gasteiger partial charge in [0.05, 0.1) is 0 Å². The molecule has 1 nitrogen and oxygen atoms in total. The van der Waals surface area contributed by atoms with Crippen LogP contribution >= 0.6 is 11.6 Å². The maximum Gasteiger partial charge on any atom is 0.0438 e. The molecule has 2 atom stereocenters. The van der Waals surface area contributed by atoms with Gasteiger partial charge in [-0.1, -0.05) is 57.7 Å². The van der Waals surface area contributed by atoms with Gasteiger partial charge in [-0.2, -0.15) is 0 Å². The Balaban J connectivity index is 3.08. The fourth-order valence-corrected chi connectivity index (χ4v) is 3.18. The van der Waals surface area contributed by atoms with Gasteiger partial charge in [-0.25, -0.2) is 0 Å². The van der Waals surface area contributed by atoms with Crippen LogP contribution in [-0.2, 0) is 0 Å². The maximum atomic E-state index is 6.24. The minimum atomic E-state index is 0.451. The first kappa shape index (κ1) is 17.5. The minimum absolute atomic E-state index is 0.451. The second-order valence-electron chi connectivity index (χ2n) is 5.80. The van der Waals surface area contributed by atoms with Crippen molar-refractivity contribution in [3.8, 4) is 0 Å². The molecule has 0 aliphatic carbocycles. The largest absolute Gasteiger partial charge is 0.310 e. The van der Waals surface area contributed by atoms with Gasteiger partial charge in [0.2, 0.25) is 0 Å². The molecule has 114 valence electrons. The third-order valence-corrected chi connectivity index (χ3v) is 4.64. The first-order valence-corrected chi connectivity index (χ1v) is 8.42. The van der Waals surface area contributed by atoms with Crippen LogP contribution in [0.1, 0.15) is 69.2 Å². The maximum absolute atomic E-state index is 6.24. The van der Waals surface area contributed by atoms with E-state index in [0.717, 1.165) is 11.6 Å². The Kier molecular flexibility index (Phi) is 7.61. The van der Waals surface area contributed by atoms with E-state index in [9.17, 15) is 0 Å². The van der Waals surface area contributed by atoms with Crippen LogP contribution in [0.25, 0.3) is 0 Å². The zero-order valence-corrected chi connectivity index (χ0v) is 14.5. The molecule has 0 aromatic heterocycles. The van der Waals surface area contributed by atoms with Crippen molar-refractivity contribution in [1.82, 2.24) is 5.32 Å². The molecule has 1 aromatic rings. The summed E-state index contributed by atoms with van der Waals surface area (Å²) in [5.74, 6) is 0.703. The molecule has 0 spiro atoms. The molecular weight excluding hydrogens is 266 g/mol. The van der Waals surface area contributed by atoms with Gasteiger partial charge >= 0.3 is 0 Å². The number of halogens is 1. The van der Waals surface area contributed by atoms with E-state index >= 15 is 0 Å². The van der Waals surface area contributed by atoms with Crippen LogP contribution in [0.4, 0.5) is 0 Å². The van der Waals surface area contributed by atoms with Crippen LogP contribution < -0.4 is 5.32 Å². The molecule has 0 saturated carbocycles. The molecule has 0 saturated heterocycles. The van der Waals surface area contributed by atoms with Crippen molar-refractivity contribution in [3.05, 3.63) is 33.8 Å². The number of hydrogen-bond donors (Lipinski definition) is 1. The normalized spacial score (nSPS) is 14.3. The molecule has 1 aromatic carbocycles. The van der Waals surface area contributed by atoms with E-state index in [1.165, 1.54) is 42.4 Å². The van der Waals surface area contributed by atoms with E-state index in [1.54, 1.807) is 0 Å². The second kappa shape index (κ2) is 8.69. The second-order valence-corrected chi connectivity index (χ2v) is 6.21. The fourth-order valence-electron chi connectivity index (χ4n) is 2.96. The first-order chi connectivity index (χ1) is 9.54. The highest BCUT2D eigenvalue weighted by molar-refractivity contribution is 6.31. The van der Waals surface area contributed by atoms with E-state index in [0.29, 0.717) is 12.0 Å². The van der Waals surface area contributed by atoms with Crippen LogP contribution in [-0.4, -0.2) is 6.54 Å². The number of aryl methyl sites for hydroxylation is 2.